The molecule has 0 amide bonds. The Labute approximate surface area is 104 Å². The SMILES string of the molecule is CC.Cc1c(F)c(F)c(C(C)C)c2nsnc12. The molecule has 0 fully saturated rings. The second-order valence-electron chi connectivity index (χ2n) is 3.78. The lowest BCUT2D eigenvalue weighted by Gasteiger charge is -2.09. The molecule has 0 radical (unpaired) electrons. The summed E-state index contributed by atoms with van der Waals surface area (Å²) in [4.78, 5) is 0. The van der Waals surface area contributed by atoms with E-state index in [1.54, 1.807) is 0 Å². The lowest BCUT2D eigenvalue weighted by molar-refractivity contribution is 0.492. The van der Waals surface area contributed by atoms with Crippen molar-refractivity contribution < 1.29 is 8.78 Å². The molecule has 17 heavy (non-hydrogen) atoms. The van der Waals surface area contributed by atoms with Gasteiger partial charge in [-0.05, 0) is 12.8 Å². The molecule has 2 aromatic rings. The fraction of sp³-hybridized carbons (Fsp3) is 0.500. The molecule has 1 aromatic heterocycles. The van der Waals surface area contributed by atoms with Crippen LogP contribution in [-0.4, -0.2) is 8.75 Å². The molecular formula is C12H16F2N2S. The third-order valence-corrected chi connectivity index (χ3v) is 2.96. The number of aromatic nitrogens is 2. The van der Waals surface area contributed by atoms with Crippen molar-refractivity contribution in [3.05, 3.63) is 22.8 Å². The zero-order valence-corrected chi connectivity index (χ0v) is 11.5. The van der Waals surface area contributed by atoms with Gasteiger partial charge in [-0.25, -0.2) is 8.78 Å². The van der Waals surface area contributed by atoms with Gasteiger partial charge in [-0.15, -0.1) is 0 Å². The smallest absolute Gasteiger partial charge is 0.164 e. The van der Waals surface area contributed by atoms with Crippen molar-refractivity contribution in [3.63, 3.8) is 0 Å². The number of aryl methyl sites for hydroxylation is 1. The highest BCUT2D eigenvalue weighted by Crippen LogP contribution is 2.31. The van der Waals surface area contributed by atoms with Crippen LogP contribution in [0.2, 0.25) is 0 Å². The summed E-state index contributed by atoms with van der Waals surface area (Å²) in [6, 6.07) is 0. The normalized spacial score (nSPS) is 10.6. The number of nitrogens with zero attached hydrogens (tertiary/aromatic N) is 2. The zero-order chi connectivity index (χ0) is 13.2. The van der Waals surface area contributed by atoms with E-state index in [0.29, 0.717) is 16.6 Å². The van der Waals surface area contributed by atoms with Crippen molar-refractivity contribution in [3.8, 4) is 0 Å². The average molecular weight is 258 g/mol. The standard InChI is InChI=1S/C10H10F2N2S.C2H6/c1-4(2)6-8(12)7(11)5(3)9-10(6)14-15-13-9;1-2/h4H,1-3H3;1-2H3. The van der Waals surface area contributed by atoms with E-state index in [1.165, 1.54) is 6.92 Å². The van der Waals surface area contributed by atoms with Gasteiger partial charge in [-0.2, -0.15) is 8.75 Å². The van der Waals surface area contributed by atoms with E-state index in [1.807, 2.05) is 27.7 Å². The predicted molar refractivity (Wildman–Crippen MR) is 67.5 cm³/mol. The van der Waals surface area contributed by atoms with Gasteiger partial charge in [0.15, 0.2) is 11.6 Å². The highest BCUT2D eigenvalue weighted by molar-refractivity contribution is 7.00. The Morgan fingerprint density at radius 2 is 1.53 bits per heavy atom. The van der Waals surface area contributed by atoms with Crippen molar-refractivity contribution >= 4 is 22.8 Å². The van der Waals surface area contributed by atoms with E-state index in [-0.39, 0.29) is 11.5 Å². The van der Waals surface area contributed by atoms with E-state index in [2.05, 4.69) is 8.75 Å². The van der Waals surface area contributed by atoms with Gasteiger partial charge < -0.3 is 0 Å². The molecule has 0 aliphatic carbocycles. The fourth-order valence-electron chi connectivity index (χ4n) is 1.63. The molecule has 0 aliphatic heterocycles. The summed E-state index contributed by atoms with van der Waals surface area (Å²) in [5.74, 6) is -1.70. The van der Waals surface area contributed by atoms with E-state index < -0.39 is 11.6 Å². The summed E-state index contributed by atoms with van der Waals surface area (Å²) in [7, 11) is 0. The summed E-state index contributed by atoms with van der Waals surface area (Å²) in [5, 5.41) is 0. The summed E-state index contributed by atoms with van der Waals surface area (Å²) in [5.41, 5.74) is 1.52. The van der Waals surface area contributed by atoms with E-state index in [9.17, 15) is 8.78 Å². The van der Waals surface area contributed by atoms with Crippen LogP contribution in [0.15, 0.2) is 0 Å². The maximum absolute atomic E-state index is 13.7. The molecule has 0 atom stereocenters. The Morgan fingerprint density at radius 3 is 2.06 bits per heavy atom. The Bertz CT molecular complexity index is 521. The van der Waals surface area contributed by atoms with Crippen molar-refractivity contribution in [1.82, 2.24) is 8.75 Å². The minimum Gasteiger partial charge on any atom is -0.203 e. The lowest BCUT2D eigenvalue weighted by Crippen LogP contribution is -2.01. The maximum atomic E-state index is 13.7. The van der Waals surface area contributed by atoms with Gasteiger partial charge in [0.25, 0.3) is 0 Å². The number of fused-ring (bicyclic) bond motifs is 1. The van der Waals surface area contributed by atoms with Crippen molar-refractivity contribution in [2.24, 2.45) is 0 Å². The van der Waals surface area contributed by atoms with E-state index in [4.69, 9.17) is 0 Å². The minimum absolute atomic E-state index is 0.105. The third kappa shape index (κ3) is 2.29. The first-order valence-corrected chi connectivity index (χ1v) is 6.36. The van der Waals surface area contributed by atoms with Gasteiger partial charge in [0.05, 0.1) is 11.7 Å². The molecule has 2 rings (SSSR count). The largest absolute Gasteiger partial charge is 0.203 e. The average Bonchev–Trinajstić information content (AvgIpc) is 2.77. The molecule has 5 heteroatoms. The molecule has 0 spiro atoms. The fourth-order valence-corrected chi connectivity index (χ4v) is 2.24. The predicted octanol–water partition coefficient (Wildman–Crippen LogP) is 4.43. The Morgan fingerprint density at radius 1 is 1.00 bits per heavy atom. The van der Waals surface area contributed by atoms with Crippen LogP contribution in [0, 0.1) is 18.6 Å². The molecule has 0 bridgehead atoms. The molecule has 0 saturated carbocycles. The van der Waals surface area contributed by atoms with Crippen LogP contribution in [0.3, 0.4) is 0 Å². The van der Waals surface area contributed by atoms with Crippen LogP contribution in [0.4, 0.5) is 8.78 Å². The molecule has 1 heterocycles. The highest BCUT2D eigenvalue weighted by Gasteiger charge is 2.21. The second-order valence-corrected chi connectivity index (χ2v) is 4.31. The number of benzene rings is 1. The van der Waals surface area contributed by atoms with Crippen LogP contribution < -0.4 is 0 Å². The van der Waals surface area contributed by atoms with Gasteiger partial charge in [0.1, 0.15) is 11.0 Å². The van der Waals surface area contributed by atoms with Crippen LogP contribution >= 0.6 is 11.7 Å². The molecule has 2 nitrogen and oxygen atoms in total. The Hall–Kier alpha value is -1.10. The monoisotopic (exact) mass is 258 g/mol. The molecular weight excluding hydrogens is 242 g/mol. The van der Waals surface area contributed by atoms with Gasteiger partial charge in [-0.3, -0.25) is 0 Å². The number of hydrogen-bond donors (Lipinski definition) is 0. The Balaban J connectivity index is 0.000000686. The van der Waals surface area contributed by atoms with Gasteiger partial charge >= 0.3 is 0 Å². The Kier molecular flexibility index (Phi) is 4.51. The van der Waals surface area contributed by atoms with Crippen LogP contribution in [0.1, 0.15) is 44.7 Å². The molecule has 0 unspecified atom stereocenters. The van der Waals surface area contributed by atoms with Gasteiger partial charge in [0.2, 0.25) is 0 Å². The van der Waals surface area contributed by atoms with E-state index in [0.717, 1.165) is 11.7 Å². The molecule has 0 N–H and O–H groups in total. The third-order valence-electron chi connectivity index (χ3n) is 2.43. The highest BCUT2D eigenvalue weighted by atomic mass is 32.1. The molecule has 1 aromatic carbocycles. The van der Waals surface area contributed by atoms with Crippen LogP contribution in [0.5, 0.6) is 0 Å². The first kappa shape index (κ1) is 14.0. The molecule has 0 saturated heterocycles. The maximum Gasteiger partial charge on any atom is 0.164 e. The first-order chi connectivity index (χ1) is 8.04. The molecule has 0 aliphatic rings. The van der Waals surface area contributed by atoms with Crippen LogP contribution in [0.25, 0.3) is 11.0 Å². The quantitative estimate of drug-likeness (QED) is 0.756. The summed E-state index contributed by atoms with van der Waals surface area (Å²) in [6.07, 6.45) is 0. The summed E-state index contributed by atoms with van der Waals surface area (Å²) >= 11 is 0.983. The number of rotatable bonds is 1. The topological polar surface area (TPSA) is 25.8 Å². The first-order valence-electron chi connectivity index (χ1n) is 5.63. The van der Waals surface area contributed by atoms with Crippen molar-refractivity contribution in [1.29, 1.82) is 0 Å². The van der Waals surface area contributed by atoms with Crippen LogP contribution in [-0.2, 0) is 0 Å². The number of halogens is 2. The van der Waals surface area contributed by atoms with E-state index >= 15 is 0 Å². The second kappa shape index (κ2) is 5.49. The van der Waals surface area contributed by atoms with Gasteiger partial charge in [0, 0.05) is 11.1 Å². The molecule has 94 valence electrons. The van der Waals surface area contributed by atoms with Crippen molar-refractivity contribution in [2.45, 2.75) is 40.5 Å². The van der Waals surface area contributed by atoms with Gasteiger partial charge in [-0.1, -0.05) is 27.7 Å². The number of hydrogen-bond acceptors (Lipinski definition) is 3. The summed E-state index contributed by atoms with van der Waals surface area (Å²) in [6.45, 7) is 9.14. The summed E-state index contributed by atoms with van der Waals surface area (Å²) < 4.78 is 35.2. The zero-order valence-electron chi connectivity index (χ0n) is 10.6. The minimum atomic E-state index is -0.807. The lowest BCUT2D eigenvalue weighted by atomic mass is 9.98. The van der Waals surface area contributed by atoms with Crippen molar-refractivity contribution in [2.75, 3.05) is 0 Å².